The number of nitrogens with zero attached hydrogens (tertiary/aromatic N) is 1. The smallest absolute Gasteiger partial charge is 0.263 e. The van der Waals surface area contributed by atoms with Crippen LogP contribution in [0.1, 0.15) is 107 Å². The van der Waals surface area contributed by atoms with Crippen LogP contribution >= 0.6 is 11.3 Å². The van der Waals surface area contributed by atoms with Crippen molar-refractivity contribution in [1.82, 2.24) is 10.3 Å². The number of phenols is 1. The third kappa shape index (κ3) is 7.38. The van der Waals surface area contributed by atoms with Gasteiger partial charge in [0.05, 0.1) is 11.3 Å². The number of aryl methyl sites for hydroxylation is 2. The molecular weight excluding hydrogens is 456 g/mol. The van der Waals surface area contributed by atoms with Crippen LogP contribution in [0.4, 0.5) is 0 Å². The van der Waals surface area contributed by atoms with Gasteiger partial charge in [-0.3, -0.25) is 9.59 Å². The molecule has 188 valence electrons. The van der Waals surface area contributed by atoms with Crippen molar-refractivity contribution in [3.05, 3.63) is 57.0 Å². The third-order valence-corrected chi connectivity index (χ3v) is 7.56. The van der Waals surface area contributed by atoms with E-state index in [1.165, 1.54) is 51.4 Å². The number of carbonyl (C=O) groups is 2. The number of unbranched alkanes of at least 4 members (excludes halogenated alkanes) is 9. The second-order valence-corrected chi connectivity index (χ2v) is 10.4. The average molecular weight is 495 g/mol. The topological polar surface area (TPSA) is 79.3 Å². The molecule has 0 unspecified atom stereocenters. The van der Waals surface area contributed by atoms with E-state index in [2.05, 4.69) is 17.2 Å². The first-order valence-electron chi connectivity index (χ1n) is 12.9. The number of amides is 1. The second-order valence-electron chi connectivity index (χ2n) is 9.39. The Hall–Kier alpha value is -2.73. The number of phenolic OH excluding ortho intramolecular Hbond substituents is 1. The number of thiazole rings is 1. The quantitative estimate of drug-likeness (QED) is 0.180. The monoisotopic (exact) mass is 494 g/mol. The van der Waals surface area contributed by atoms with Crippen molar-refractivity contribution in [2.75, 3.05) is 6.54 Å². The van der Waals surface area contributed by atoms with Crippen LogP contribution in [0, 0.1) is 13.8 Å². The summed E-state index contributed by atoms with van der Waals surface area (Å²) >= 11 is 1.09. The van der Waals surface area contributed by atoms with Crippen LogP contribution in [0.25, 0.3) is 10.8 Å². The molecule has 3 rings (SSSR count). The normalized spacial score (nSPS) is 11.2. The van der Waals surface area contributed by atoms with Crippen LogP contribution in [-0.2, 0) is 0 Å². The summed E-state index contributed by atoms with van der Waals surface area (Å²) in [5.41, 5.74) is 1.74. The fraction of sp³-hybridized carbons (Fsp3) is 0.483. The molecule has 0 spiro atoms. The Bertz CT molecular complexity index is 1150. The van der Waals surface area contributed by atoms with Crippen molar-refractivity contribution in [2.24, 2.45) is 0 Å². The Labute approximate surface area is 213 Å². The maximum absolute atomic E-state index is 13.1. The second kappa shape index (κ2) is 13.4. The molecule has 0 saturated heterocycles. The minimum absolute atomic E-state index is 0.0454. The number of rotatable bonds is 14. The van der Waals surface area contributed by atoms with Crippen molar-refractivity contribution in [3.8, 4) is 5.75 Å². The fourth-order valence-electron chi connectivity index (χ4n) is 4.31. The fourth-order valence-corrected chi connectivity index (χ4v) is 5.25. The summed E-state index contributed by atoms with van der Waals surface area (Å²) in [5, 5.41) is 15.4. The van der Waals surface area contributed by atoms with Gasteiger partial charge in [0, 0.05) is 11.9 Å². The van der Waals surface area contributed by atoms with Crippen LogP contribution in [0.3, 0.4) is 0 Å². The Balaban J connectivity index is 1.49. The number of hydrogen-bond acceptors (Lipinski definition) is 5. The SMILES string of the molecule is CCCCCCCCCCCCNC(=O)c1sc(C(=O)c2ccc3ccc(C)cc3c2O)nc1C. The van der Waals surface area contributed by atoms with E-state index in [0.29, 0.717) is 22.5 Å². The molecule has 3 aromatic rings. The molecular formula is C29H38N2O3S. The van der Waals surface area contributed by atoms with E-state index in [4.69, 9.17) is 0 Å². The van der Waals surface area contributed by atoms with Gasteiger partial charge < -0.3 is 10.4 Å². The van der Waals surface area contributed by atoms with Gasteiger partial charge in [-0.05, 0) is 37.8 Å². The molecule has 1 heterocycles. The number of carbonyl (C=O) groups excluding carboxylic acids is 2. The Kier molecular flexibility index (Phi) is 10.3. The molecule has 5 nitrogen and oxygen atoms in total. The van der Waals surface area contributed by atoms with Gasteiger partial charge in [0.25, 0.3) is 5.91 Å². The summed E-state index contributed by atoms with van der Waals surface area (Å²) in [6.07, 6.45) is 12.5. The highest BCUT2D eigenvalue weighted by atomic mass is 32.1. The summed E-state index contributed by atoms with van der Waals surface area (Å²) in [6, 6.07) is 9.19. The van der Waals surface area contributed by atoms with Gasteiger partial charge in [0.2, 0.25) is 5.78 Å². The molecule has 0 saturated carbocycles. The zero-order valence-corrected chi connectivity index (χ0v) is 22.1. The van der Waals surface area contributed by atoms with Crippen molar-refractivity contribution < 1.29 is 14.7 Å². The minimum Gasteiger partial charge on any atom is -0.507 e. The molecule has 0 aliphatic rings. The van der Waals surface area contributed by atoms with E-state index in [1.54, 1.807) is 13.0 Å². The molecule has 2 N–H and O–H groups in total. The first-order chi connectivity index (χ1) is 16.9. The molecule has 2 aromatic carbocycles. The summed E-state index contributed by atoms with van der Waals surface area (Å²) in [6.45, 7) is 6.55. The van der Waals surface area contributed by atoms with E-state index < -0.39 is 0 Å². The zero-order chi connectivity index (χ0) is 25.2. The van der Waals surface area contributed by atoms with E-state index in [0.717, 1.165) is 35.1 Å². The van der Waals surface area contributed by atoms with Gasteiger partial charge >= 0.3 is 0 Å². The van der Waals surface area contributed by atoms with Crippen LogP contribution in [0.5, 0.6) is 5.75 Å². The third-order valence-electron chi connectivity index (χ3n) is 6.41. The van der Waals surface area contributed by atoms with Crippen molar-refractivity contribution in [1.29, 1.82) is 0 Å². The lowest BCUT2D eigenvalue weighted by atomic mass is 10.0. The standard InChI is InChI=1S/C29H38N2O3S/c1-4-5-6-7-8-9-10-11-12-13-18-30-28(34)27-21(3)31-29(35-27)26(33)23-17-16-22-15-14-20(2)19-24(22)25(23)32/h14-17,19,32H,4-13,18H2,1-3H3,(H,30,34). The predicted octanol–water partition coefficient (Wildman–Crippen LogP) is 7.50. The van der Waals surface area contributed by atoms with E-state index in [-0.39, 0.29) is 28.0 Å². The van der Waals surface area contributed by atoms with Crippen molar-refractivity contribution in [2.45, 2.75) is 85.0 Å². The van der Waals surface area contributed by atoms with Crippen LogP contribution in [-0.4, -0.2) is 28.3 Å². The van der Waals surface area contributed by atoms with E-state index >= 15 is 0 Å². The maximum Gasteiger partial charge on any atom is 0.263 e. The Morgan fingerprint density at radius 2 is 1.54 bits per heavy atom. The van der Waals surface area contributed by atoms with Gasteiger partial charge in [-0.15, -0.1) is 11.3 Å². The summed E-state index contributed by atoms with van der Waals surface area (Å²) in [4.78, 5) is 30.6. The molecule has 0 radical (unpaired) electrons. The van der Waals surface area contributed by atoms with Crippen LogP contribution in [0.2, 0.25) is 0 Å². The number of benzene rings is 2. The number of aromatic hydroxyl groups is 1. The zero-order valence-electron chi connectivity index (χ0n) is 21.3. The molecule has 0 aliphatic heterocycles. The number of fused-ring (bicyclic) bond motifs is 1. The number of nitrogens with one attached hydrogen (secondary N) is 1. The highest BCUT2D eigenvalue weighted by Gasteiger charge is 2.23. The summed E-state index contributed by atoms with van der Waals surface area (Å²) in [7, 11) is 0. The first-order valence-corrected chi connectivity index (χ1v) is 13.8. The molecule has 35 heavy (non-hydrogen) atoms. The lowest BCUT2D eigenvalue weighted by molar-refractivity contribution is 0.0955. The number of aromatic nitrogens is 1. The summed E-state index contributed by atoms with van der Waals surface area (Å²) in [5.74, 6) is -0.600. The molecule has 0 atom stereocenters. The molecule has 1 aromatic heterocycles. The van der Waals surface area contributed by atoms with Crippen molar-refractivity contribution >= 4 is 33.8 Å². The minimum atomic E-state index is -0.368. The lowest BCUT2D eigenvalue weighted by Gasteiger charge is -2.07. The van der Waals surface area contributed by atoms with Crippen LogP contribution < -0.4 is 5.32 Å². The number of ketones is 1. The van der Waals surface area contributed by atoms with Crippen molar-refractivity contribution in [3.63, 3.8) is 0 Å². The van der Waals surface area contributed by atoms with Gasteiger partial charge in [-0.25, -0.2) is 4.98 Å². The van der Waals surface area contributed by atoms with Gasteiger partial charge in [0.15, 0.2) is 5.01 Å². The Morgan fingerprint density at radius 3 is 2.23 bits per heavy atom. The highest BCUT2D eigenvalue weighted by molar-refractivity contribution is 7.15. The molecule has 1 amide bonds. The molecule has 6 heteroatoms. The number of hydrogen-bond donors (Lipinski definition) is 2. The van der Waals surface area contributed by atoms with Gasteiger partial charge in [0.1, 0.15) is 10.6 Å². The summed E-state index contributed by atoms with van der Waals surface area (Å²) < 4.78 is 0. The highest BCUT2D eigenvalue weighted by Crippen LogP contribution is 2.32. The molecule has 0 aliphatic carbocycles. The molecule has 0 fully saturated rings. The lowest BCUT2D eigenvalue weighted by Crippen LogP contribution is -2.24. The van der Waals surface area contributed by atoms with Crippen LogP contribution in [0.15, 0.2) is 30.3 Å². The Morgan fingerprint density at radius 1 is 0.914 bits per heavy atom. The van der Waals surface area contributed by atoms with Gasteiger partial charge in [-0.2, -0.15) is 0 Å². The maximum atomic E-state index is 13.1. The van der Waals surface area contributed by atoms with E-state index in [9.17, 15) is 14.7 Å². The first kappa shape index (κ1) is 26.9. The predicted molar refractivity (Wildman–Crippen MR) is 145 cm³/mol. The van der Waals surface area contributed by atoms with Gasteiger partial charge in [-0.1, -0.05) is 88.5 Å². The largest absolute Gasteiger partial charge is 0.507 e. The van der Waals surface area contributed by atoms with E-state index in [1.807, 2.05) is 31.2 Å². The molecule has 0 bridgehead atoms. The average Bonchev–Trinajstić information content (AvgIpc) is 3.24.